The smallest absolute Gasteiger partial charge is 0.254 e. The van der Waals surface area contributed by atoms with Crippen molar-refractivity contribution in [2.24, 2.45) is 5.92 Å². The second-order valence-corrected chi connectivity index (χ2v) is 9.33. The molecule has 2 aromatic carbocycles. The number of fused-ring (bicyclic) bond motifs is 3. The molecule has 0 spiro atoms. The van der Waals surface area contributed by atoms with E-state index in [2.05, 4.69) is 50.8 Å². The Balaban J connectivity index is 1.59. The van der Waals surface area contributed by atoms with Crippen LogP contribution in [0, 0.1) is 5.92 Å². The number of benzene rings is 2. The molecule has 1 amide bonds. The van der Waals surface area contributed by atoms with Gasteiger partial charge in [-0.15, -0.1) is 0 Å². The van der Waals surface area contributed by atoms with Gasteiger partial charge >= 0.3 is 0 Å². The van der Waals surface area contributed by atoms with Crippen molar-refractivity contribution < 1.29 is 9.53 Å². The molecule has 2 heterocycles. The Bertz CT molecular complexity index is 1060. The largest absolute Gasteiger partial charge is 0.372 e. The van der Waals surface area contributed by atoms with Crippen LogP contribution in [0.15, 0.2) is 40.9 Å². The first kappa shape index (κ1) is 18.2. The number of carbonyl (C=O) groups is 1. The summed E-state index contributed by atoms with van der Waals surface area (Å²) in [4.78, 5) is 15.1. The zero-order valence-electron chi connectivity index (χ0n) is 16.3. The van der Waals surface area contributed by atoms with Crippen LogP contribution in [0.5, 0.6) is 0 Å². The summed E-state index contributed by atoms with van der Waals surface area (Å²) >= 11 is 3.61. The maximum atomic E-state index is 13.2. The number of carbonyl (C=O) groups excluding carboxylic acids is 1. The quantitative estimate of drug-likeness (QED) is 0.559. The maximum absolute atomic E-state index is 13.2. The molecule has 28 heavy (non-hydrogen) atoms. The lowest BCUT2D eigenvalue weighted by molar-refractivity contribution is -0.0586. The second kappa shape index (κ2) is 6.89. The van der Waals surface area contributed by atoms with Crippen molar-refractivity contribution in [3.63, 3.8) is 0 Å². The molecule has 5 rings (SSSR count). The summed E-state index contributed by atoms with van der Waals surface area (Å²) in [5, 5.41) is 2.47. The molecule has 0 radical (unpaired) electrons. The standard InChI is InChI=1S/C23H25BrN2O2/c1-14-11-25(12-15(2)28-14)23(27)17-5-7-19-20-10-18(24)6-8-21(20)26(22(19)9-17)13-16-3-4-16/h5-10,14-16H,3-4,11-13H2,1-2H3/t14-,15+. The second-order valence-electron chi connectivity index (χ2n) is 8.41. The van der Waals surface area contributed by atoms with Crippen molar-refractivity contribution in [1.82, 2.24) is 9.47 Å². The van der Waals surface area contributed by atoms with Crippen molar-refractivity contribution in [2.75, 3.05) is 13.1 Å². The lowest BCUT2D eigenvalue weighted by atomic mass is 10.1. The molecule has 4 nitrogen and oxygen atoms in total. The molecule has 2 atom stereocenters. The zero-order valence-corrected chi connectivity index (χ0v) is 17.9. The summed E-state index contributed by atoms with van der Waals surface area (Å²) in [5.41, 5.74) is 3.19. The predicted octanol–water partition coefficient (Wildman–Crippen LogP) is 5.22. The van der Waals surface area contributed by atoms with Crippen LogP contribution in [-0.2, 0) is 11.3 Å². The van der Waals surface area contributed by atoms with Gasteiger partial charge in [-0.25, -0.2) is 0 Å². The summed E-state index contributed by atoms with van der Waals surface area (Å²) < 4.78 is 9.29. The SMILES string of the molecule is C[C@@H]1CN(C(=O)c2ccc3c4cc(Br)ccc4n(CC4CC4)c3c2)C[C@H](C)O1. The monoisotopic (exact) mass is 440 g/mol. The highest BCUT2D eigenvalue weighted by atomic mass is 79.9. The van der Waals surface area contributed by atoms with E-state index in [1.54, 1.807) is 0 Å². The van der Waals surface area contributed by atoms with Crippen molar-refractivity contribution in [1.29, 1.82) is 0 Å². The van der Waals surface area contributed by atoms with Gasteiger partial charge in [-0.05, 0) is 62.9 Å². The average Bonchev–Trinajstić information content (AvgIpc) is 3.44. The van der Waals surface area contributed by atoms with E-state index in [1.807, 2.05) is 24.8 Å². The molecule has 3 aromatic rings. The minimum atomic E-state index is 0.0788. The van der Waals surface area contributed by atoms with E-state index in [0.717, 1.165) is 22.5 Å². The minimum absolute atomic E-state index is 0.0788. The lowest BCUT2D eigenvalue weighted by Crippen LogP contribution is -2.48. The number of halogens is 1. The molecule has 2 fully saturated rings. The normalized spacial score (nSPS) is 22.9. The van der Waals surface area contributed by atoms with Gasteiger partial charge in [-0.1, -0.05) is 22.0 Å². The van der Waals surface area contributed by atoms with Gasteiger partial charge in [0.05, 0.1) is 12.2 Å². The summed E-state index contributed by atoms with van der Waals surface area (Å²) in [6.07, 6.45) is 2.77. The first-order chi connectivity index (χ1) is 13.5. The topological polar surface area (TPSA) is 34.5 Å². The molecular weight excluding hydrogens is 416 g/mol. The zero-order chi connectivity index (χ0) is 19.4. The van der Waals surface area contributed by atoms with Gasteiger partial charge in [0.2, 0.25) is 0 Å². The molecule has 1 aromatic heterocycles. The molecule has 1 saturated carbocycles. The van der Waals surface area contributed by atoms with Gasteiger partial charge in [0.1, 0.15) is 0 Å². The number of ether oxygens (including phenoxy) is 1. The number of morpholine rings is 1. The third-order valence-electron chi connectivity index (χ3n) is 5.92. The minimum Gasteiger partial charge on any atom is -0.372 e. The molecule has 1 aliphatic heterocycles. The van der Waals surface area contributed by atoms with Crippen molar-refractivity contribution >= 4 is 43.6 Å². The molecule has 2 aliphatic rings. The van der Waals surface area contributed by atoms with Crippen LogP contribution in [-0.4, -0.2) is 40.7 Å². The van der Waals surface area contributed by atoms with Crippen molar-refractivity contribution in [3.05, 3.63) is 46.4 Å². The van der Waals surface area contributed by atoms with Gasteiger partial charge in [0.15, 0.2) is 0 Å². The number of hydrogen-bond acceptors (Lipinski definition) is 2. The molecule has 0 unspecified atom stereocenters. The van der Waals surface area contributed by atoms with Crippen LogP contribution >= 0.6 is 15.9 Å². The first-order valence-electron chi connectivity index (χ1n) is 10.2. The fraction of sp³-hybridized carbons (Fsp3) is 0.435. The number of hydrogen-bond donors (Lipinski definition) is 0. The highest BCUT2D eigenvalue weighted by Gasteiger charge is 2.28. The van der Waals surface area contributed by atoms with Gasteiger partial charge in [0, 0.05) is 51.5 Å². The van der Waals surface area contributed by atoms with E-state index in [4.69, 9.17) is 4.74 Å². The summed E-state index contributed by atoms with van der Waals surface area (Å²) in [7, 11) is 0. The van der Waals surface area contributed by atoms with Crippen LogP contribution in [0.3, 0.4) is 0 Å². The fourth-order valence-electron chi connectivity index (χ4n) is 4.49. The number of rotatable bonds is 3. The molecular formula is C23H25BrN2O2. The lowest BCUT2D eigenvalue weighted by Gasteiger charge is -2.35. The van der Waals surface area contributed by atoms with Gasteiger partial charge in [-0.2, -0.15) is 0 Å². The van der Waals surface area contributed by atoms with Gasteiger partial charge in [-0.3, -0.25) is 4.79 Å². The van der Waals surface area contributed by atoms with Gasteiger partial charge in [0.25, 0.3) is 5.91 Å². The predicted molar refractivity (Wildman–Crippen MR) is 116 cm³/mol. The van der Waals surface area contributed by atoms with Gasteiger partial charge < -0.3 is 14.2 Å². The summed E-state index contributed by atoms with van der Waals surface area (Å²) in [6.45, 7) is 6.40. The maximum Gasteiger partial charge on any atom is 0.254 e. The molecule has 1 saturated heterocycles. The van der Waals surface area contributed by atoms with Crippen molar-refractivity contribution in [3.8, 4) is 0 Å². The van der Waals surface area contributed by atoms with Crippen LogP contribution < -0.4 is 0 Å². The van der Waals surface area contributed by atoms with Crippen LogP contribution in [0.25, 0.3) is 21.8 Å². The van der Waals surface area contributed by atoms with E-state index in [0.29, 0.717) is 13.1 Å². The average molecular weight is 441 g/mol. The highest BCUT2D eigenvalue weighted by molar-refractivity contribution is 9.10. The summed E-state index contributed by atoms with van der Waals surface area (Å²) in [6, 6.07) is 12.7. The Kier molecular flexibility index (Phi) is 4.48. The third-order valence-corrected chi connectivity index (χ3v) is 6.41. The van der Waals surface area contributed by atoms with Crippen molar-refractivity contribution in [2.45, 2.75) is 45.4 Å². The molecule has 146 valence electrons. The molecule has 0 N–H and O–H groups in total. The van der Waals surface area contributed by atoms with Crippen LogP contribution in [0.2, 0.25) is 0 Å². The number of amides is 1. The highest BCUT2D eigenvalue weighted by Crippen LogP contribution is 2.37. The van der Waals surface area contributed by atoms with E-state index in [9.17, 15) is 4.79 Å². The fourth-order valence-corrected chi connectivity index (χ4v) is 4.85. The Hall–Kier alpha value is -1.85. The van der Waals surface area contributed by atoms with E-state index >= 15 is 0 Å². The Labute approximate surface area is 173 Å². The van der Waals surface area contributed by atoms with Crippen LogP contribution in [0.4, 0.5) is 0 Å². The third kappa shape index (κ3) is 3.25. The number of aromatic nitrogens is 1. The Morgan fingerprint density at radius 3 is 2.50 bits per heavy atom. The van der Waals surface area contributed by atoms with E-state index in [-0.39, 0.29) is 18.1 Å². The van der Waals surface area contributed by atoms with E-state index in [1.165, 1.54) is 34.6 Å². The first-order valence-corrected chi connectivity index (χ1v) is 10.9. The number of nitrogens with zero attached hydrogens (tertiary/aromatic N) is 2. The van der Waals surface area contributed by atoms with E-state index < -0.39 is 0 Å². The van der Waals surface area contributed by atoms with Crippen LogP contribution in [0.1, 0.15) is 37.0 Å². The Morgan fingerprint density at radius 1 is 1.04 bits per heavy atom. The molecule has 5 heteroatoms. The molecule has 0 bridgehead atoms. The molecule has 1 aliphatic carbocycles. The summed E-state index contributed by atoms with van der Waals surface area (Å²) in [5.74, 6) is 0.871. The Morgan fingerprint density at radius 2 is 1.79 bits per heavy atom.